The summed E-state index contributed by atoms with van der Waals surface area (Å²) in [6.07, 6.45) is 1.05. The van der Waals surface area contributed by atoms with E-state index in [-0.39, 0.29) is 18.1 Å². The van der Waals surface area contributed by atoms with Gasteiger partial charge >= 0.3 is 0 Å². The number of methoxy groups -OCH3 is 2. The topological polar surface area (TPSA) is 61.4 Å². The summed E-state index contributed by atoms with van der Waals surface area (Å²) >= 11 is 0. The molecule has 186 valence electrons. The minimum absolute atomic E-state index is 0.00155. The van der Waals surface area contributed by atoms with Crippen molar-refractivity contribution in [2.45, 2.75) is 38.1 Å². The number of fused-ring (bicyclic) bond motifs is 1. The fraction of sp³-hybridized carbons (Fsp3) is 0.556. The quantitative estimate of drug-likeness (QED) is 0.504. The Morgan fingerprint density at radius 3 is 2.65 bits per heavy atom. The van der Waals surface area contributed by atoms with Gasteiger partial charge in [0, 0.05) is 45.9 Å². The predicted octanol–water partition coefficient (Wildman–Crippen LogP) is 3.61. The van der Waals surface area contributed by atoms with Crippen LogP contribution in [0.1, 0.15) is 30.4 Å². The molecule has 1 N–H and O–H groups in total. The third kappa shape index (κ3) is 6.02. The largest absolute Gasteiger partial charge is 0.497 e. The molecule has 3 atom stereocenters. The van der Waals surface area contributed by atoms with Gasteiger partial charge in [-0.3, -0.25) is 0 Å². The molecular weight excluding hydrogens is 432 g/mol. The summed E-state index contributed by atoms with van der Waals surface area (Å²) in [5.74, 6) is 1.95. The monoisotopic (exact) mass is 470 g/mol. The van der Waals surface area contributed by atoms with Gasteiger partial charge in [-0.05, 0) is 48.7 Å². The molecule has 4 rings (SSSR count). The Morgan fingerprint density at radius 1 is 1.06 bits per heavy atom. The molecule has 0 amide bonds. The first-order valence-electron chi connectivity index (χ1n) is 12.3. The molecule has 7 nitrogen and oxygen atoms in total. The fourth-order valence-corrected chi connectivity index (χ4v) is 4.85. The number of hydrogen-bond donors (Lipinski definition) is 1. The SMILES string of the molecule is CCOCCCN1CCOc2ccc(CO[C@H]3CNC[C@@H](OC)[C@@H]3c3ccc(OC)cc3)cc21. The van der Waals surface area contributed by atoms with Crippen LogP contribution in [-0.4, -0.2) is 72.4 Å². The Hall–Kier alpha value is -2.32. The van der Waals surface area contributed by atoms with Gasteiger partial charge in [0.2, 0.25) is 0 Å². The molecule has 0 aromatic heterocycles. The molecule has 1 fully saturated rings. The van der Waals surface area contributed by atoms with Crippen molar-refractivity contribution in [1.29, 1.82) is 0 Å². The summed E-state index contributed by atoms with van der Waals surface area (Å²) in [6.45, 7) is 8.28. The van der Waals surface area contributed by atoms with E-state index < -0.39 is 0 Å². The van der Waals surface area contributed by atoms with Gasteiger partial charge in [-0.15, -0.1) is 0 Å². The summed E-state index contributed by atoms with van der Waals surface area (Å²) in [6, 6.07) is 14.6. The number of anilines is 1. The first-order valence-corrected chi connectivity index (χ1v) is 12.3. The maximum atomic E-state index is 6.51. The van der Waals surface area contributed by atoms with E-state index in [1.54, 1.807) is 14.2 Å². The van der Waals surface area contributed by atoms with Gasteiger partial charge in [0.25, 0.3) is 0 Å². The van der Waals surface area contributed by atoms with Crippen molar-refractivity contribution in [2.24, 2.45) is 0 Å². The lowest BCUT2D eigenvalue weighted by molar-refractivity contribution is -0.0463. The van der Waals surface area contributed by atoms with Gasteiger partial charge in [0.1, 0.15) is 18.1 Å². The molecule has 0 saturated carbocycles. The van der Waals surface area contributed by atoms with E-state index in [0.717, 1.165) is 68.6 Å². The van der Waals surface area contributed by atoms with E-state index in [0.29, 0.717) is 13.2 Å². The van der Waals surface area contributed by atoms with Gasteiger partial charge in [0.15, 0.2) is 0 Å². The maximum absolute atomic E-state index is 6.51. The van der Waals surface area contributed by atoms with Crippen molar-refractivity contribution in [3.05, 3.63) is 53.6 Å². The summed E-state index contributed by atoms with van der Waals surface area (Å²) in [7, 11) is 3.46. The van der Waals surface area contributed by atoms with Gasteiger partial charge in [-0.2, -0.15) is 0 Å². The number of hydrogen-bond acceptors (Lipinski definition) is 7. The number of benzene rings is 2. The number of nitrogens with one attached hydrogen (secondary N) is 1. The number of rotatable bonds is 11. The third-order valence-electron chi connectivity index (χ3n) is 6.66. The molecule has 0 aliphatic carbocycles. The highest BCUT2D eigenvalue weighted by Crippen LogP contribution is 2.34. The zero-order valence-electron chi connectivity index (χ0n) is 20.6. The van der Waals surface area contributed by atoms with Crippen LogP contribution in [-0.2, 0) is 20.8 Å². The molecule has 7 heteroatoms. The van der Waals surface area contributed by atoms with E-state index >= 15 is 0 Å². The van der Waals surface area contributed by atoms with Crippen LogP contribution in [0.25, 0.3) is 0 Å². The summed E-state index contributed by atoms with van der Waals surface area (Å²) in [4.78, 5) is 2.39. The number of nitrogens with zero attached hydrogens (tertiary/aromatic N) is 1. The van der Waals surface area contributed by atoms with E-state index in [4.69, 9.17) is 23.7 Å². The van der Waals surface area contributed by atoms with Crippen LogP contribution >= 0.6 is 0 Å². The second-order valence-corrected chi connectivity index (χ2v) is 8.77. The summed E-state index contributed by atoms with van der Waals surface area (Å²) < 4.78 is 29.1. The Morgan fingerprint density at radius 2 is 1.88 bits per heavy atom. The second kappa shape index (κ2) is 12.4. The van der Waals surface area contributed by atoms with Crippen molar-refractivity contribution < 1.29 is 23.7 Å². The highest BCUT2D eigenvalue weighted by Gasteiger charge is 2.35. The Kier molecular flexibility index (Phi) is 9.04. The molecule has 0 bridgehead atoms. The lowest BCUT2D eigenvalue weighted by atomic mass is 9.85. The summed E-state index contributed by atoms with van der Waals surface area (Å²) in [5.41, 5.74) is 3.50. The van der Waals surface area contributed by atoms with Crippen molar-refractivity contribution in [2.75, 3.05) is 65.1 Å². The molecule has 34 heavy (non-hydrogen) atoms. The minimum atomic E-state index is 0.00155. The number of piperidine rings is 1. The van der Waals surface area contributed by atoms with E-state index in [1.165, 1.54) is 5.56 Å². The van der Waals surface area contributed by atoms with Crippen molar-refractivity contribution in [3.8, 4) is 11.5 Å². The molecule has 0 spiro atoms. The van der Waals surface area contributed by atoms with E-state index in [9.17, 15) is 0 Å². The smallest absolute Gasteiger partial charge is 0.142 e. The predicted molar refractivity (Wildman–Crippen MR) is 133 cm³/mol. The molecule has 2 aromatic rings. The number of ether oxygens (including phenoxy) is 5. The van der Waals surface area contributed by atoms with Crippen LogP contribution in [0.15, 0.2) is 42.5 Å². The average Bonchev–Trinajstić information content (AvgIpc) is 2.89. The molecule has 0 radical (unpaired) electrons. The van der Waals surface area contributed by atoms with Gasteiger partial charge in [0.05, 0.1) is 38.2 Å². The zero-order chi connectivity index (χ0) is 23.8. The minimum Gasteiger partial charge on any atom is -0.497 e. The lowest BCUT2D eigenvalue weighted by Gasteiger charge is -2.38. The van der Waals surface area contributed by atoms with Gasteiger partial charge in [-0.1, -0.05) is 18.2 Å². The van der Waals surface area contributed by atoms with Crippen LogP contribution in [0.2, 0.25) is 0 Å². The van der Waals surface area contributed by atoms with Gasteiger partial charge < -0.3 is 33.9 Å². The highest BCUT2D eigenvalue weighted by atomic mass is 16.5. The average molecular weight is 471 g/mol. The highest BCUT2D eigenvalue weighted by molar-refractivity contribution is 5.61. The normalized spacial score (nSPS) is 22.2. The van der Waals surface area contributed by atoms with Crippen molar-refractivity contribution in [1.82, 2.24) is 5.32 Å². The first kappa shape index (κ1) is 24.8. The molecular formula is C27H38N2O5. The van der Waals surface area contributed by atoms with E-state index in [1.807, 2.05) is 19.1 Å². The molecule has 2 heterocycles. The Labute approximate surface area is 203 Å². The van der Waals surface area contributed by atoms with Crippen LogP contribution in [0.4, 0.5) is 5.69 Å². The standard InChI is InChI=1S/C27H38N2O5/c1-4-32-14-5-12-29-13-15-33-24-11-6-20(16-23(24)29)19-34-26-18-28-17-25(31-3)27(26)21-7-9-22(30-2)10-8-21/h6-11,16,25-28H,4-5,12-15,17-19H2,1-3H3/t25-,26+,27+/m1/s1. The second-order valence-electron chi connectivity index (χ2n) is 8.77. The Balaban J connectivity index is 1.44. The zero-order valence-corrected chi connectivity index (χ0v) is 20.6. The van der Waals surface area contributed by atoms with Crippen molar-refractivity contribution >= 4 is 5.69 Å². The Bertz CT molecular complexity index is 891. The molecule has 2 aliphatic heterocycles. The fourth-order valence-electron chi connectivity index (χ4n) is 4.85. The van der Waals surface area contributed by atoms with E-state index in [2.05, 4.69) is 40.5 Å². The molecule has 0 unspecified atom stereocenters. The van der Waals surface area contributed by atoms with Crippen LogP contribution in [0.3, 0.4) is 0 Å². The van der Waals surface area contributed by atoms with Crippen LogP contribution in [0, 0.1) is 0 Å². The van der Waals surface area contributed by atoms with Crippen LogP contribution < -0.4 is 19.7 Å². The van der Waals surface area contributed by atoms with Gasteiger partial charge in [-0.25, -0.2) is 0 Å². The van der Waals surface area contributed by atoms with Crippen molar-refractivity contribution in [3.63, 3.8) is 0 Å². The first-order chi connectivity index (χ1) is 16.7. The maximum Gasteiger partial charge on any atom is 0.142 e. The molecule has 1 saturated heterocycles. The molecule has 2 aromatic carbocycles. The van der Waals surface area contributed by atoms with Crippen LogP contribution in [0.5, 0.6) is 11.5 Å². The summed E-state index contributed by atoms with van der Waals surface area (Å²) in [5, 5.41) is 3.47. The lowest BCUT2D eigenvalue weighted by Crippen LogP contribution is -2.50. The third-order valence-corrected chi connectivity index (χ3v) is 6.66. The molecule has 2 aliphatic rings.